The smallest absolute Gasteiger partial charge is 0.133 e. The van der Waals surface area contributed by atoms with E-state index >= 15 is 0 Å². The molecule has 1 heterocycles. The van der Waals surface area contributed by atoms with Gasteiger partial charge in [-0.3, -0.25) is 0 Å². The molecule has 0 saturated heterocycles. The summed E-state index contributed by atoms with van der Waals surface area (Å²) < 4.78 is 0. The van der Waals surface area contributed by atoms with E-state index in [1.807, 2.05) is 19.9 Å². The number of rotatable bonds is 7. The van der Waals surface area contributed by atoms with Crippen LogP contribution in [0, 0.1) is 0 Å². The SMILES string of the molecule is CCNCc1cccnc1N(CC)CC(C)(C)O. The van der Waals surface area contributed by atoms with Gasteiger partial charge in [0.2, 0.25) is 0 Å². The van der Waals surface area contributed by atoms with Crippen molar-refractivity contribution in [2.75, 3.05) is 24.5 Å². The molecule has 0 aromatic carbocycles. The largest absolute Gasteiger partial charge is 0.389 e. The number of nitrogens with zero attached hydrogens (tertiary/aromatic N) is 2. The van der Waals surface area contributed by atoms with Gasteiger partial charge in [-0.2, -0.15) is 0 Å². The first-order valence-electron chi connectivity index (χ1n) is 6.60. The molecule has 0 atom stereocenters. The van der Waals surface area contributed by atoms with Crippen molar-refractivity contribution in [2.45, 2.75) is 39.8 Å². The van der Waals surface area contributed by atoms with E-state index in [1.54, 1.807) is 6.20 Å². The van der Waals surface area contributed by atoms with Crippen LogP contribution in [0.25, 0.3) is 0 Å². The van der Waals surface area contributed by atoms with Crippen LogP contribution >= 0.6 is 0 Å². The lowest BCUT2D eigenvalue weighted by Crippen LogP contribution is -2.39. The Hall–Kier alpha value is -1.13. The second kappa shape index (κ2) is 6.71. The Morgan fingerprint density at radius 1 is 1.39 bits per heavy atom. The number of pyridine rings is 1. The molecular weight excluding hydrogens is 226 g/mol. The molecule has 18 heavy (non-hydrogen) atoms. The van der Waals surface area contributed by atoms with Gasteiger partial charge < -0.3 is 15.3 Å². The highest BCUT2D eigenvalue weighted by molar-refractivity contribution is 5.46. The number of likely N-dealkylation sites (N-methyl/N-ethyl adjacent to an activating group) is 1. The molecule has 1 rings (SSSR count). The summed E-state index contributed by atoms with van der Waals surface area (Å²) in [5.41, 5.74) is 0.452. The molecule has 1 aromatic rings. The Kier molecular flexibility index (Phi) is 5.56. The van der Waals surface area contributed by atoms with Crippen LogP contribution in [-0.4, -0.2) is 35.3 Å². The van der Waals surface area contributed by atoms with Crippen LogP contribution in [0.4, 0.5) is 5.82 Å². The van der Waals surface area contributed by atoms with Gasteiger partial charge in [-0.25, -0.2) is 4.98 Å². The zero-order valence-electron chi connectivity index (χ0n) is 11.9. The van der Waals surface area contributed by atoms with E-state index in [1.165, 1.54) is 5.56 Å². The molecule has 0 unspecified atom stereocenters. The maximum Gasteiger partial charge on any atom is 0.133 e. The van der Waals surface area contributed by atoms with Crippen LogP contribution in [0.3, 0.4) is 0 Å². The lowest BCUT2D eigenvalue weighted by molar-refractivity contribution is 0.0874. The number of anilines is 1. The number of aromatic nitrogens is 1. The fourth-order valence-corrected chi connectivity index (χ4v) is 1.92. The van der Waals surface area contributed by atoms with Crippen LogP contribution in [0.1, 0.15) is 33.3 Å². The van der Waals surface area contributed by atoms with Gasteiger partial charge >= 0.3 is 0 Å². The molecule has 0 amide bonds. The van der Waals surface area contributed by atoms with Crippen molar-refractivity contribution in [1.29, 1.82) is 0 Å². The Bertz CT molecular complexity index is 360. The number of aliphatic hydroxyl groups is 1. The zero-order valence-corrected chi connectivity index (χ0v) is 11.9. The summed E-state index contributed by atoms with van der Waals surface area (Å²) in [6.45, 7) is 11.0. The van der Waals surface area contributed by atoms with Gasteiger partial charge in [0.05, 0.1) is 5.60 Å². The summed E-state index contributed by atoms with van der Waals surface area (Å²) in [6, 6.07) is 4.03. The molecule has 1 aromatic heterocycles. The summed E-state index contributed by atoms with van der Waals surface area (Å²) in [7, 11) is 0. The maximum atomic E-state index is 9.96. The standard InChI is InChI=1S/C14H25N3O/c1-5-15-10-12-8-7-9-16-13(12)17(6-2)11-14(3,4)18/h7-9,15,18H,5-6,10-11H2,1-4H3. The normalized spacial score (nSPS) is 11.6. The predicted molar refractivity (Wildman–Crippen MR) is 75.8 cm³/mol. The van der Waals surface area contributed by atoms with E-state index in [0.29, 0.717) is 6.54 Å². The second-order valence-electron chi connectivity index (χ2n) is 5.09. The topological polar surface area (TPSA) is 48.4 Å². The van der Waals surface area contributed by atoms with Crippen LogP contribution in [-0.2, 0) is 6.54 Å². The maximum absolute atomic E-state index is 9.96. The molecule has 0 saturated carbocycles. The molecule has 0 spiro atoms. The summed E-state index contributed by atoms with van der Waals surface area (Å²) >= 11 is 0. The minimum Gasteiger partial charge on any atom is -0.389 e. The summed E-state index contributed by atoms with van der Waals surface area (Å²) in [4.78, 5) is 6.58. The molecular formula is C14H25N3O. The first-order chi connectivity index (χ1) is 8.48. The van der Waals surface area contributed by atoms with Crippen LogP contribution < -0.4 is 10.2 Å². The number of hydrogen-bond donors (Lipinski definition) is 2. The fraction of sp³-hybridized carbons (Fsp3) is 0.643. The van der Waals surface area contributed by atoms with Crippen molar-refractivity contribution >= 4 is 5.82 Å². The molecule has 0 aliphatic heterocycles. The third-order valence-corrected chi connectivity index (χ3v) is 2.69. The molecule has 4 heteroatoms. The van der Waals surface area contributed by atoms with Crippen LogP contribution in [0.2, 0.25) is 0 Å². The van der Waals surface area contributed by atoms with E-state index < -0.39 is 5.60 Å². The third kappa shape index (κ3) is 4.63. The molecule has 0 fully saturated rings. The van der Waals surface area contributed by atoms with Gasteiger partial charge in [0.1, 0.15) is 5.82 Å². The third-order valence-electron chi connectivity index (χ3n) is 2.69. The number of nitrogens with one attached hydrogen (secondary N) is 1. The van der Waals surface area contributed by atoms with Crippen molar-refractivity contribution in [2.24, 2.45) is 0 Å². The Morgan fingerprint density at radius 2 is 2.11 bits per heavy atom. The minimum absolute atomic E-state index is 0.583. The highest BCUT2D eigenvalue weighted by Gasteiger charge is 2.19. The van der Waals surface area contributed by atoms with E-state index in [2.05, 4.69) is 35.1 Å². The molecule has 102 valence electrons. The Morgan fingerprint density at radius 3 is 2.67 bits per heavy atom. The Labute approximate surface area is 110 Å². The molecule has 0 radical (unpaired) electrons. The average Bonchev–Trinajstić information content (AvgIpc) is 2.33. The molecule has 0 aliphatic carbocycles. The van der Waals surface area contributed by atoms with Gasteiger partial charge in [0.25, 0.3) is 0 Å². The van der Waals surface area contributed by atoms with Crippen molar-refractivity contribution in [1.82, 2.24) is 10.3 Å². The van der Waals surface area contributed by atoms with E-state index in [0.717, 1.165) is 25.5 Å². The molecule has 0 aliphatic rings. The monoisotopic (exact) mass is 251 g/mol. The summed E-state index contributed by atoms with van der Waals surface area (Å²) in [5, 5.41) is 13.3. The van der Waals surface area contributed by atoms with Gasteiger partial charge in [-0.05, 0) is 33.4 Å². The Balaban J connectivity index is 2.90. The first kappa shape index (κ1) is 14.9. The van der Waals surface area contributed by atoms with E-state index in [9.17, 15) is 5.11 Å². The lowest BCUT2D eigenvalue weighted by Gasteiger charge is -2.30. The predicted octanol–water partition coefficient (Wildman–Crippen LogP) is 1.79. The zero-order chi connectivity index (χ0) is 13.6. The summed E-state index contributed by atoms with van der Waals surface area (Å²) in [6.07, 6.45) is 1.80. The number of hydrogen-bond acceptors (Lipinski definition) is 4. The van der Waals surface area contributed by atoms with E-state index in [-0.39, 0.29) is 0 Å². The highest BCUT2D eigenvalue weighted by atomic mass is 16.3. The first-order valence-corrected chi connectivity index (χ1v) is 6.60. The van der Waals surface area contributed by atoms with Gasteiger partial charge in [-0.1, -0.05) is 13.0 Å². The van der Waals surface area contributed by atoms with Crippen molar-refractivity contribution < 1.29 is 5.11 Å². The van der Waals surface area contributed by atoms with Crippen molar-refractivity contribution in [3.05, 3.63) is 23.9 Å². The van der Waals surface area contributed by atoms with Crippen LogP contribution in [0.15, 0.2) is 18.3 Å². The van der Waals surface area contributed by atoms with Gasteiger partial charge in [-0.15, -0.1) is 0 Å². The lowest BCUT2D eigenvalue weighted by atomic mass is 10.1. The van der Waals surface area contributed by atoms with Crippen molar-refractivity contribution in [3.63, 3.8) is 0 Å². The van der Waals surface area contributed by atoms with Gasteiger partial charge in [0.15, 0.2) is 0 Å². The molecule has 2 N–H and O–H groups in total. The minimum atomic E-state index is -0.719. The quantitative estimate of drug-likeness (QED) is 0.775. The van der Waals surface area contributed by atoms with E-state index in [4.69, 9.17) is 0 Å². The fourth-order valence-electron chi connectivity index (χ4n) is 1.92. The molecule has 0 bridgehead atoms. The summed E-state index contributed by atoms with van der Waals surface area (Å²) in [5.74, 6) is 0.961. The van der Waals surface area contributed by atoms with Gasteiger partial charge in [0, 0.05) is 31.4 Å². The van der Waals surface area contributed by atoms with Crippen molar-refractivity contribution in [3.8, 4) is 0 Å². The average molecular weight is 251 g/mol. The van der Waals surface area contributed by atoms with Crippen LogP contribution in [0.5, 0.6) is 0 Å². The second-order valence-corrected chi connectivity index (χ2v) is 5.09. The molecule has 4 nitrogen and oxygen atoms in total. The highest BCUT2D eigenvalue weighted by Crippen LogP contribution is 2.19.